The zero-order valence-electron chi connectivity index (χ0n) is 11.6. The van der Waals surface area contributed by atoms with Crippen molar-refractivity contribution in [3.05, 3.63) is 42.5 Å². The van der Waals surface area contributed by atoms with Gasteiger partial charge in [0.05, 0.1) is 12.2 Å². The Hall–Kier alpha value is -1.77. The van der Waals surface area contributed by atoms with Crippen LogP contribution in [-0.4, -0.2) is 19.2 Å². The molecule has 0 fully saturated rings. The van der Waals surface area contributed by atoms with Crippen molar-refractivity contribution in [1.29, 1.82) is 0 Å². The largest absolute Gasteiger partial charge is 0.494 e. The molecule has 3 heteroatoms. The van der Waals surface area contributed by atoms with E-state index in [-0.39, 0.29) is 12.6 Å². The SMILES string of the molecule is C=CCOC(=O)c1cccc(OCCCCCC)c1. The molecule has 0 aliphatic heterocycles. The molecule has 1 aromatic carbocycles. The number of hydrogen-bond acceptors (Lipinski definition) is 3. The molecule has 1 rings (SSSR count). The first-order valence-corrected chi connectivity index (χ1v) is 6.78. The Labute approximate surface area is 115 Å². The Kier molecular flexibility index (Phi) is 7.40. The van der Waals surface area contributed by atoms with Crippen LogP contribution >= 0.6 is 0 Å². The maximum atomic E-state index is 11.6. The quantitative estimate of drug-likeness (QED) is 0.383. The van der Waals surface area contributed by atoms with Gasteiger partial charge < -0.3 is 9.47 Å². The Morgan fingerprint density at radius 2 is 2.16 bits per heavy atom. The lowest BCUT2D eigenvalue weighted by atomic mass is 10.2. The highest BCUT2D eigenvalue weighted by atomic mass is 16.5. The minimum Gasteiger partial charge on any atom is -0.494 e. The second kappa shape index (κ2) is 9.20. The van der Waals surface area contributed by atoms with Crippen molar-refractivity contribution in [2.45, 2.75) is 32.6 Å². The summed E-state index contributed by atoms with van der Waals surface area (Å²) in [7, 11) is 0. The van der Waals surface area contributed by atoms with E-state index in [4.69, 9.17) is 9.47 Å². The van der Waals surface area contributed by atoms with Crippen LogP contribution in [0.4, 0.5) is 0 Å². The summed E-state index contributed by atoms with van der Waals surface area (Å²) in [6.45, 7) is 6.60. The number of benzene rings is 1. The van der Waals surface area contributed by atoms with Gasteiger partial charge in [0.1, 0.15) is 12.4 Å². The van der Waals surface area contributed by atoms with Gasteiger partial charge in [-0.15, -0.1) is 0 Å². The molecular weight excluding hydrogens is 240 g/mol. The molecular formula is C16H22O3. The summed E-state index contributed by atoms with van der Waals surface area (Å²) in [5.41, 5.74) is 0.507. The Morgan fingerprint density at radius 3 is 2.89 bits per heavy atom. The Bertz CT molecular complexity index is 399. The van der Waals surface area contributed by atoms with Gasteiger partial charge in [-0.2, -0.15) is 0 Å². The van der Waals surface area contributed by atoms with Crippen LogP contribution in [0.2, 0.25) is 0 Å². The number of carbonyl (C=O) groups is 1. The predicted molar refractivity (Wildman–Crippen MR) is 76.6 cm³/mol. The molecule has 0 unspecified atom stereocenters. The highest BCUT2D eigenvalue weighted by Crippen LogP contribution is 2.15. The third kappa shape index (κ3) is 6.09. The van der Waals surface area contributed by atoms with Crippen molar-refractivity contribution in [2.24, 2.45) is 0 Å². The highest BCUT2D eigenvalue weighted by Gasteiger charge is 2.07. The van der Waals surface area contributed by atoms with E-state index >= 15 is 0 Å². The number of rotatable bonds is 9. The topological polar surface area (TPSA) is 35.5 Å². The minimum atomic E-state index is -0.351. The van der Waals surface area contributed by atoms with E-state index in [1.807, 2.05) is 6.07 Å². The minimum absolute atomic E-state index is 0.223. The number of esters is 1. The van der Waals surface area contributed by atoms with E-state index < -0.39 is 0 Å². The molecule has 0 bridgehead atoms. The van der Waals surface area contributed by atoms with Gasteiger partial charge in [0.15, 0.2) is 0 Å². The van der Waals surface area contributed by atoms with Crippen molar-refractivity contribution in [3.63, 3.8) is 0 Å². The van der Waals surface area contributed by atoms with Crippen LogP contribution in [0.15, 0.2) is 36.9 Å². The first kappa shape index (κ1) is 15.3. The molecule has 1 aromatic rings. The molecule has 0 saturated heterocycles. The fourth-order valence-electron chi connectivity index (χ4n) is 1.65. The average Bonchev–Trinajstić information content (AvgIpc) is 2.45. The molecule has 0 amide bonds. The zero-order chi connectivity index (χ0) is 13.9. The van der Waals surface area contributed by atoms with Crippen molar-refractivity contribution in [2.75, 3.05) is 13.2 Å². The predicted octanol–water partition coefficient (Wildman–Crippen LogP) is 3.99. The molecule has 0 aromatic heterocycles. The molecule has 0 saturated carbocycles. The van der Waals surface area contributed by atoms with Gasteiger partial charge >= 0.3 is 5.97 Å². The fourth-order valence-corrected chi connectivity index (χ4v) is 1.65. The summed E-state index contributed by atoms with van der Waals surface area (Å²) in [5.74, 6) is 0.362. The van der Waals surface area contributed by atoms with Gasteiger partial charge in [-0.3, -0.25) is 0 Å². The third-order valence-electron chi connectivity index (χ3n) is 2.67. The molecule has 0 aliphatic carbocycles. The lowest BCUT2D eigenvalue weighted by molar-refractivity contribution is 0.0549. The van der Waals surface area contributed by atoms with Crippen molar-refractivity contribution < 1.29 is 14.3 Å². The summed E-state index contributed by atoms with van der Waals surface area (Å²) in [6, 6.07) is 7.08. The lowest BCUT2D eigenvalue weighted by Gasteiger charge is -2.07. The van der Waals surface area contributed by atoms with E-state index in [9.17, 15) is 4.79 Å². The number of carbonyl (C=O) groups excluding carboxylic acids is 1. The first-order chi connectivity index (χ1) is 9.27. The van der Waals surface area contributed by atoms with E-state index in [1.165, 1.54) is 19.3 Å². The number of unbranched alkanes of at least 4 members (excludes halogenated alkanes) is 3. The second-order valence-electron chi connectivity index (χ2n) is 4.32. The van der Waals surface area contributed by atoms with Crippen molar-refractivity contribution in [1.82, 2.24) is 0 Å². The molecule has 0 radical (unpaired) electrons. The molecule has 0 aliphatic rings. The molecule has 104 valence electrons. The first-order valence-electron chi connectivity index (χ1n) is 6.78. The number of ether oxygens (including phenoxy) is 2. The Balaban J connectivity index is 2.43. The van der Waals surface area contributed by atoms with Gasteiger partial charge in [0.25, 0.3) is 0 Å². The zero-order valence-corrected chi connectivity index (χ0v) is 11.6. The van der Waals surface area contributed by atoms with E-state index in [1.54, 1.807) is 24.3 Å². The third-order valence-corrected chi connectivity index (χ3v) is 2.67. The summed E-state index contributed by atoms with van der Waals surface area (Å²) >= 11 is 0. The average molecular weight is 262 g/mol. The van der Waals surface area contributed by atoms with Crippen LogP contribution < -0.4 is 4.74 Å². The van der Waals surface area contributed by atoms with Gasteiger partial charge in [-0.25, -0.2) is 4.79 Å². The highest BCUT2D eigenvalue weighted by molar-refractivity contribution is 5.89. The Morgan fingerprint density at radius 1 is 1.32 bits per heavy atom. The van der Waals surface area contributed by atoms with Crippen LogP contribution in [0, 0.1) is 0 Å². The maximum Gasteiger partial charge on any atom is 0.338 e. The van der Waals surface area contributed by atoms with E-state index in [2.05, 4.69) is 13.5 Å². The molecule has 0 spiro atoms. The summed E-state index contributed by atoms with van der Waals surface area (Å²) < 4.78 is 10.6. The van der Waals surface area contributed by atoms with Gasteiger partial charge in [0, 0.05) is 0 Å². The molecule has 3 nitrogen and oxygen atoms in total. The van der Waals surface area contributed by atoms with Gasteiger partial charge in [-0.05, 0) is 24.6 Å². The summed E-state index contributed by atoms with van der Waals surface area (Å²) in [6.07, 6.45) is 6.21. The maximum absolute atomic E-state index is 11.6. The lowest BCUT2D eigenvalue weighted by Crippen LogP contribution is -2.05. The van der Waals surface area contributed by atoms with Crippen molar-refractivity contribution in [3.8, 4) is 5.75 Å². The van der Waals surface area contributed by atoms with E-state index in [0.29, 0.717) is 17.9 Å². The van der Waals surface area contributed by atoms with Crippen LogP contribution in [0.1, 0.15) is 43.0 Å². The fraction of sp³-hybridized carbons (Fsp3) is 0.438. The smallest absolute Gasteiger partial charge is 0.338 e. The second-order valence-corrected chi connectivity index (χ2v) is 4.32. The van der Waals surface area contributed by atoms with Gasteiger partial charge in [-0.1, -0.05) is 44.9 Å². The summed E-state index contributed by atoms with van der Waals surface area (Å²) in [5, 5.41) is 0. The van der Waals surface area contributed by atoms with Crippen LogP contribution in [0.25, 0.3) is 0 Å². The van der Waals surface area contributed by atoms with Crippen LogP contribution in [0.3, 0.4) is 0 Å². The van der Waals surface area contributed by atoms with Gasteiger partial charge in [0.2, 0.25) is 0 Å². The molecule has 0 atom stereocenters. The van der Waals surface area contributed by atoms with Crippen LogP contribution in [0.5, 0.6) is 5.75 Å². The normalized spacial score (nSPS) is 9.95. The standard InChI is InChI=1S/C16H22O3/c1-3-5-6-7-12-18-15-10-8-9-14(13-15)16(17)19-11-4-2/h4,8-10,13H,2-3,5-7,11-12H2,1H3. The molecule has 0 N–H and O–H groups in total. The monoisotopic (exact) mass is 262 g/mol. The van der Waals surface area contributed by atoms with Crippen molar-refractivity contribution >= 4 is 5.97 Å². The van der Waals surface area contributed by atoms with E-state index in [0.717, 1.165) is 6.42 Å². The number of hydrogen-bond donors (Lipinski definition) is 0. The molecule has 19 heavy (non-hydrogen) atoms. The molecule has 0 heterocycles. The summed E-state index contributed by atoms with van der Waals surface area (Å²) in [4.78, 5) is 11.6. The van der Waals surface area contributed by atoms with Crippen LogP contribution in [-0.2, 0) is 4.74 Å².